The third-order valence-corrected chi connectivity index (χ3v) is 4.73. The number of amidine groups is 1. The Kier molecular flexibility index (Phi) is 8.19. The van der Waals surface area contributed by atoms with Gasteiger partial charge in [0.25, 0.3) is 0 Å². The predicted molar refractivity (Wildman–Crippen MR) is 87.9 cm³/mol. The van der Waals surface area contributed by atoms with E-state index in [-0.39, 0.29) is 6.04 Å². The van der Waals surface area contributed by atoms with Crippen molar-refractivity contribution in [2.24, 2.45) is 34.4 Å². The summed E-state index contributed by atoms with van der Waals surface area (Å²) in [6.45, 7) is 4.84. The van der Waals surface area contributed by atoms with Crippen LogP contribution in [0.25, 0.3) is 0 Å². The first-order valence-corrected chi connectivity index (χ1v) is 8.34. The summed E-state index contributed by atoms with van der Waals surface area (Å²) in [7, 11) is 0. The highest BCUT2D eigenvalue weighted by molar-refractivity contribution is 5.79. The number of carboxylic acid groups (broad SMARTS) is 1. The average Bonchev–Trinajstić information content (AvgIpc) is 2.54. The van der Waals surface area contributed by atoms with Gasteiger partial charge in [-0.25, -0.2) is 11.4 Å². The highest BCUT2D eigenvalue weighted by Crippen LogP contribution is 2.40. The van der Waals surface area contributed by atoms with Gasteiger partial charge in [-0.3, -0.25) is 4.79 Å². The lowest BCUT2D eigenvalue weighted by Crippen LogP contribution is -2.49. The van der Waals surface area contributed by atoms with E-state index in [0.29, 0.717) is 23.6 Å². The summed E-state index contributed by atoms with van der Waals surface area (Å²) in [5.41, 5.74) is 7.92. The van der Waals surface area contributed by atoms with Crippen LogP contribution in [0.1, 0.15) is 52.4 Å². The monoisotopic (exact) mass is 313 g/mol. The number of hydrogen-bond donors (Lipinski definition) is 5. The van der Waals surface area contributed by atoms with Crippen molar-refractivity contribution in [3.63, 3.8) is 0 Å². The highest BCUT2D eigenvalue weighted by atomic mass is 16.4. The van der Waals surface area contributed by atoms with Crippen molar-refractivity contribution in [2.45, 2.75) is 58.4 Å². The summed E-state index contributed by atoms with van der Waals surface area (Å²) in [5.74, 6) is 6.68. The normalized spacial score (nSPS) is 31.5. The predicted octanol–water partition coefficient (Wildman–Crippen LogP) is 1.01. The molecule has 2 fully saturated rings. The van der Waals surface area contributed by atoms with Crippen molar-refractivity contribution in [2.75, 3.05) is 6.54 Å². The number of hydrazone groups is 1. The van der Waals surface area contributed by atoms with E-state index in [4.69, 9.17) is 16.7 Å². The number of nitrogens with one attached hydrogen (secondary N) is 2. The number of carbonyl (C=O) groups is 1. The second-order valence-electron chi connectivity index (χ2n) is 6.00. The highest BCUT2D eigenvalue weighted by Gasteiger charge is 2.37. The maximum atomic E-state index is 11.1. The molecule has 1 saturated heterocycles. The van der Waals surface area contributed by atoms with Crippen LogP contribution in [0.3, 0.4) is 0 Å². The van der Waals surface area contributed by atoms with Gasteiger partial charge in [-0.15, -0.1) is 0 Å². The van der Waals surface area contributed by atoms with E-state index in [9.17, 15) is 4.79 Å². The van der Waals surface area contributed by atoms with Crippen molar-refractivity contribution in [1.29, 1.82) is 0 Å². The SMILES string of the molecule is CC.NN/N=C(\N)CCC1CCC2CNC(C(=O)O)CC2C1. The fourth-order valence-electron chi connectivity index (χ4n) is 3.60. The van der Waals surface area contributed by atoms with Gasteiger partial charge in [0, 0.05) is 6.42 Å². The Morgan fingerprint density at radius 2 is 2.05 bits per heavy atom. The van der Waals surface area contributed by atoms with Crippen molar-refractivity contribution in [3.05, 3.63) is 0 Å². The van der Waals surface area contributed by atoms with Crippen molar-refractivity contribution >= 4 is 11.8 Å². The molecule has 128 valence electrons. The molecule has 0 aromatic heterocycles. The summed E-state index contributed by atoms with van der Waals surface area (Å²) in [6, 6.07) is -0.372. The topological polar surface area (TPSA) is 126 Å². The number of rotatable bonds is 5. The summed E-state index contributed by atoms with van der Waals surface area (Å²) in [6.07, 6.45) is 5.99. The van der Waals surface area contributed by atoms with Crippen molar-refractivity contribution < 1.29 is 9.90 Å². The summed E-state index contributed by atoms with van der Waals surface area (Å²) in [5, 5.41) is 16.0. The van der Waals surface area contributed by atoms with Gasteiger partial charge in [0.05, 0.1) is 0 Å². The number of piperidine rings is 1. The lowest BCUT2D eigenvalue weighted by atomic mass is 9.69. The number of aliphatic carboxylic acids is 1. The second kappa shape index (κ2) is 9.63. The molecule has 0 spiro atoms. The molecular weight excluding hydrogens is 282 g/mol. The number of nitrogens with zero attached hydrogens (tertiary/aromatic N) is 1. The fourth-order valence-corrected chi connectivity index (χ4v) is 3.60. The molecule has 0 bridgehead atoms. The first-order valence-electron chi connectivity index (χ1n) is 8.34. The molecule has 0 amide bonds. The van der Waals surface area contributed by atoms with E-state index >= 15 is 0 Å². The minimum absolute atomic E-state index is 0.372. The van der Waals surface area contributed by atoms with Crippen LogP contribution < -0.4 is 22.4 Å². The molecule has 4 unspecified atom stereocenters. The van der Waals surface area contributed by atoms with Gasteiger partial charge in [0.2, 0.25) is 0 Å². The van der Waals surface area contributed by atoms with Crippen LogP contribution in [0, 0.1) is 17.8 Å². The molecule has 1 aliphatic heterocycles. The molecule has 7 N–H and O–H groups in total. The third kappa shape index (κ3) is 5.46. The van der Waals surface area contributed by atoms with Crippen LogP contribution in [0.5, 0.6) is 0 Å². The van der Waals surface area contributed by atoms with Gasteiger partial charge in [-0.1, -0.05) is 20.3 Å². The molecule has 1 heterocycles. The Hall–Kier alpha value is -1.34. The number of nitrogens with two attached hydrogens (primary N) is 2. The molecule has 4 atom stereocenters. The van der Waals surface area contributed by atoms with E-state index in [1.807, 2.05) is 13.8 Å². The first-order chi connectivity index (χ1) is 10.6. The van der Waals surface area contributed by atoms with Gasteiger partial charge in [-0.05, 0) is 50.0 Å². The van der Waals surface area contributed by atoms with E-state index in [1.54, 1.807) is 0 Å². The molecule has 7 nitrogen and oxygen atoms in total. The maximum absolute atomic E-state index is 11.1. The molecule has 0 radical (unpaired) electrons. The van der Waals surface area contributed by atoms with Gasteiger partial charge in [0.15, 0.2) is 0 Å². The van der Waals surface area contributed by atoms with Crippen LogP contribution in [-0.2, 0) is 4.79 Å². The zero-order valence-corrected chi connectivity index (χ0v) is 13.7. The molecule has 1 saturated carbocycles. The smallest absolute Gasteiger partial charge is 0.320 e. The quantitative estimate of drug-likeness (QED) is 0.223. The Morgan fingerprint density at radius 3 is 2.68 bits per heavy atom. The number of hydrogen-bond acceptors (Lipinski definition) is 5. The summed E-state index contributed by atoms with van der Waals surface area (Å²) >= 11 is 0. The standard InChI is InChI=1S/C13H25N5O2.C2H6/c14-12(17-18-15)4-2-8-1-3-9-7-16-11(13(19)20)6-10(9)5-8;1-2/h8-11,16,18H,1-7,15H2,(H2,14,17)(H,19,20);1-2H3. The number of fused-ring (bicyclic) bond motifs is 1. The first kappa shape index (κ1) is 18.7. The largest absolute Gasteiger partial charge is 0.480 e. The van der Waals surface area contributed by atoms with Crippen molar-refractivity contribution in [1.82, 2.24) is 10.9 Å². The van der Waals surface area contributed by atoms with Gasteiger partial charge >= 0.3 is 5.97 Å². The zero-order valence-electron chi connectivity index (χ0n) is 13.7. The zero-order chi connectivity index (χ0) is 16.5. The van der Waals surface area contributed by atoms with E-state index in [1.165, 1.54) is 12.8 Å². The molecule has 2 aliphatic rings. The second-order valence-corrected chi connectivity index (χ2v) is 6.00. The van der Waals surface area contributed by atoms with E-state index in [0.717, 1.165) is 32.2 Å². The molecule has 7 heteroatoms. The number of carboxylic acids is 1. The lowest BCUT2D eigenvalue weighted by Gasteiger charge is -2.41. The summed E-state index contributed by atoms with van der Waals surface area (Å²) in [4.78, 5) is 11.1. The third-order valence-electron chi connectivity index (χ3n) is 4.73. The minimum atomic E-state index is -0.726. The van der Waals surface area contributed by atoms with Gasteiger partial charge in [0.1, 0.15) is 11.9 Å². The maximum Gasteiger partial charge on any atom is 0.320 e. The molecule has 1 aliphatic carbocycles. The van der Waals surface area contributed by atoms with E-state index < -0.39 is 5.97 Å². The van der Waals surface area contributed by atoms with Gasteiger partial charge in [-0.2, -0.15) is 5.10 Å². The van der Waals surface area contributed by atoms with Crippen LogP contribution in [0.4, 0.5) is 0 Å². The molecule has 2 rings (SSSR count). The molecule has 0 aromatic carbocycles. The molecule has 0 aromatic rings. The Labute approximate surface area is 132 Å². The van der Waals surface area contributed by atoms with Crippen LogP contribution in [-0.4, -0.2) is 29.5 Å². The lowest BCUT2D eigenvalue weighted by molar-refractivity contribution is -0.141. The average molecular weight is 313 g/mol. The van der Waals surface area contributed by atoms with Gasteiger partial charge < -0.3 is 16.2 Å². The Balaban J connectivity index is 0.00000116. The summed E-state index contributed by atoms with van der Waals surface area (Å²) < 4.78 is 0. The molecule has 22 heavy (non-hydrogen) atoms. The van der Waals surface area contributed by atoms with Crippen molar-refractivity contribution in [3.8, 4) is 0 Å². The van der Waals surface area contributed by atoms with Crippen LogP contribution >= 0.6 is 0 Å². The van der Waals surface area contributed by atoms with E-state index in [2.05, 4.69) is 16.0 Å². The minimum Gasteiger partial charge on any atom is -0.480 e. The van der Waals surface area contributed by atoms with Crippen LogP contribution in [0.2, 0.25) is 0 Å². The number of hydrazine groups is 1. The van der Waals surface area contributed by atoms with Crippen LogP contribution in [0.15, 0.2) is 5.10 Å². The Bertz CT molecular complexity index is 375. The molecular formula is C15H31N5O2. The fraction of sp³-hybridized carbons (Fsp3) is 0.867. The Morgan fingerprint density at radius 1 is 1.32 bits per heavy atom.